The van der Waals surface area contributed by atoms with Crippen molar-refractivity contribution < 1.29 is 4.79 Å². The number of carbonyl (C=O) groups is 1. The van der Waals surface area contributed by atoms with Gasteiger partial charge in [0.2, 0.25) is 5.91 Å². The summed E-state index contributed by atoms with van der Waals surface area (Å²) in [5, 5.41) is 7.18. The number of fused-ring (bicyclic) bond motifs is 1. The lowest BCUT2D eigenvalue weighted by atomic mass is 10.1. The van der Waals surface area contributed by atoms with Crippen molar-refractivity contribution in [3.8, 4) is 0 Å². The predicted octanol–water partition coefficient (Wildman–Crippen LogP) is 2.87. The number of nitrogens with zero attached hydrogens (tertiary/aromatic N) is 1. The van der Waals surface area contributed by atoms with E-state index in [1.165, 1.54) is 18.4 Å². The Morgan fingerprint density at radius 1 is 1.33 bits per heavy atom. The van der Waals surface area contributed by atoms with E-state index in [9.17, 15) is 4.79 Å². The standard InChI is InChI=1S/C16H17N3OS/c17-15-13-4-3-12(7-14(13)18-16(15)20)19(11-1-2-11)8-10-5-6-21-9-10/h3-7,9,11,15H,1-2,8,17H2,(H,18,20). The van der Waals surface area contributed by atoms with Gasteiger partial charge in [0.05, 0.1) is 0 Å². The third-order valence-corrected chi connectivity index (χ3v) is 4.90. The number of anilines is 2. The van der Waals surface area contributed by atoms with E-state index >= 15 is 0 Å². The summed E-state index contributed by atoms with van der Waals surface area (Å²) in [7, 11) is 0. The lowest BCUT2D eigenvalue weighted by Crippen LogP contribution is -2.24. The van der Waals surface area contributed by atoms with Crippen LogP contribution in [0.4, 0.5) is 11.4 Å². The quantitative estimate of drug-likeness (QED) is 0.912. The van der Waals surface area contributed by atoms with Gasteiger partial charge < -0.3 is 16.0 Å². The zero-order chi connectivity index (χ0) is 14.4. The Kier molecular flexibility index (Phi) is 2.97. The summed E-state index contributed by atoms with van der Waals surface area (Å²) < 4.78 is 0. The van der Waals surface area contributed by atoms with Crippen molar-refractivity contribution in [2.24, 2.45) is 5.73 Å². The Labute approximate surface area is 127 Å². The van der Waals surface area contributed by atoms with Gasteiger partial charge >= 0.3 is 0 Å². The number of thiophene rings is 1. The van der Waals surface area contributed by atoms with Crippen LogP contribution in [-0.4, -0.2) is 11.9 Å². The van der Waals surface area contributed by atoms with E-state index in [-0.39, 0.29) is 5.91 Å². The van der Waals surface area contributed by atoms with Crippen molar-refractivity contribution in [1.29, 1.82) is 0 Å². The van der Waals surface area contributed by atoms with Gasteiger partial charge in [-0.1, -0.05) is 6.07 Å². The van der Waals surface area contributed by atoms with Gasteiger partial charge in [0, 0.05) is 29.5 Å². The molecule has 2 aliphatic rings. The molecule has 1 saturated carbocycles. The van der Waals surface area contributed by atoms with Crippen LogP contribution in [0.25, 0.3) is 0 Å². The minimum atomic E-state index is -0.528. The zero-order valence-corrected chi connectivity index (χ0v) is 12.4. The summed E-state index contributed by atoms with van der Waals surface area (Å²) in [5.41, 5.74) is 10.1. The predicted molar refractivity (Wildman–Crippen MR) is 85.5 cm³/mol. The molecule has 0 radical (unpaired) electrons. The zero-order valence-electron chi connectivity index (χ0n) is 11.6. The van der Waals surface area contributed by atoms with Crippen LogP contribution in [0.3, 0.4) is 0 Å². The van der Waals surface area contributed by atoms with Gasteiger partial charge in [0.15, 0.2) is 0 Å². The van der Waals surface area contributed by atoms with Crippen molar-refractivity contribution in [1.82, 2.24) is 0 Å². The fourth-order valence-electron chi connectivity index (χ4n) is 2.85. The number of carbonyl (C=O) groups excluding carboxylic acids is 1. The van der Waals surface area contributed by atoms with Gasteiger partial charge in [-0.25, -0.2) is 0 Å². The Morgan fingerprint density at radius 2 is 2.19 bits per heavy atom. The van der Waals surface area contributed by atoms with Gasteiger partial charge in [-0.05, 0) is 47.4 Å². The molecule has 4 rings (SSSR count). The first-order valence-corrected chi connectivity index (χ1v) is 8.15. The monoisotopic (exact) mass is 299 g/mol. The summed E-state index contributed by atoms with van der Waals surface area (Å²) in [6.45, 7) is 0.924. The van der Waals surface area contributed by atoms with E-state index in [1.54, 1.807) is 11.3 Å². The second-order valence-corrected chi connectivity index (χ2v) is 6.51. The number of nitrogens with one attached hydrogen (secondary N) is 1. The Morgan fingerprint density at radius 3 is 2.90 bits per heavy atom. The average Bonchev–Trinajstić information content (AvgIpc) is 3.12. The molecule has 1 unspecified atom stereocenters. The highest BCUT2D eigenvalue weighted by atomic mass is 32.1. The summed E-state index contributed by atoms with van der Waals surface area (Å²) in [4.78, 5) is 14.1. The smallest absolute Gasteiger partial charge is 0.245 e. The molecular formula is C16H17N3OS. The Balaban J connectivity index is 1.65. The SMILES string of the molecule is NC1C(=O)Nc2cc(N(Cc3ccsc3)C3CC3)ccc21. The molecular weight excluding hydrogens is 282 g/mol. The average molecular weight is 299 g/mol. The van der Waals surface area contributed by atoms with E-state index in [1.807, 2.05) is 6.07 Å². The molecule has 5 heteroatoms. The molecule has 4 nitrogen and oxygen atoms in total. The Bertz CT molecular complexity index is 679. The summed E-state index contributed by atoms with van der Waals surface area (Å²) >= 11 is 1.73. The summed E-state index contributed by atoms with van der Waals surface area (Å²) in [6, 6.07) is 8.39. The van der Waals surface area contributed by atoms with Crippen molar-refractivity contribution in [2.75, 3.05) is 10.2 Å². The highest BCUT2D eigenvalue weighted by Gasteiger charge is 2.32. The highest BCUT2D eigenvalue weighted by Crippen LogP contribution is 2.38. The maximum absolute atomic E-state index is 11.7. The number of hydrogen-bond donors (Lipinski definition) is 2. The molecule has 0 saturated heterocycles. The van der Waals surface area contributed by atoms with Crippen LogP contribution in [0, 0.1) is 0 Å². The number of hydrogen-bond acceptors (Lipinski definition) is 4. The summed E-state index contributed by atoms with van der Waals surface area (Å²) in [5.74, 6) is -0.113. The molecule has 2 aromatic rings. The fourth-order valence-corrected chi connectivity index (χ4v) is 3.51. The molecule has 1 aromatic carbocycles. The summed E-state index contributed by atoms with van der Waals surface area (Å²) in [6.07, 6.45) is 2.49. The van der Waals surface area contributed by atoms with Gasteiger partial charge in [0.1, 0.15) is 6.04 Å². The molecule has 108 valence electrons. The first kappa shape index (κ1) is 12.9. The normalized spacial score (nSPS) is 20.2. The fraction of sp³-hybridized carbons (Fsp3) is 0.312. The molecule has 2 heterocycles. The van der Waals surface area contributed by atoms with E-state index in [2.05, 4.69) is 39.2 Å². The third-order valence-electron chi connectivity index (χ3n) is 4.16. The lowest BCUT2D eigenvalue weighted by molar-refractivity contribution is -0.116. The molecule has 1 amide bonds. The molecule has 1 fully saturated rings. The molecule has 3 N–H and O–H groups in total. The van der Waals surface area contributed by atoms with Crippen molar-refractivity contribution in [2.45, 2.75) is 31.5 Å². The first-order valence-electron chi connectivity index (χ1n) is 7.20. The topological polar surface area (TPSA) is 58.4 Å². The van der Waals surface area contributed by atoms with Gasteiger partial charge in [-0.3, -0.25) is 4.79 Å². The number of rotatable bonds is 4. The molecule has 1 aliphatic heterocycles. The van der Waals surface area contributed by atoms with E-state index in [0.717, 1.165) is 23.5 Å². The second kappa shape index (κ2) is 4.86. The van der Waals surface area contributed by atoms with Crippen molar-refractivity contribution in [3.63, 3.8) is 0 Å². The molecule has 21 heavy (non-hydrogen) atoms. The van der Waals surface area contributed by atoms with Crippen LogP contribution in [0.2, 0.25) is 0 Å². The first-order chi connectivity index (χ1) is 10.2. The molecule has 1 atom stereocenters. The highest BCUT2D eigenvalue weighted by molar-refractivity contribution is 7.07. The van der Waals surface area contributed by atoms with E-state index < -0.39 is 6.04 Å². The van der Waals surface area contributed by atoms with Crippen LogP contribution in [-0.2, 0) is 11.3 Å². The largest absolute Gasteiger partial charge is 0.364 e. The molecule has 0 bridgehead atoms. The van der Waals surface area contributed by atoms with Gasteiger partial charge in [0.25, 0.3) is 0 Å². The molecule has 1 aliphatic carbocycles. The van der Waals surface area contributed by atoms with Crippen molar-refractivity contribution >= 4 is 28.6 Å². The lowest BCUT2D eigenvalue weighted by Gasteiger charge is -2.25. The van der Waals surface area contributed by atoms with Crippen LogP contribution in [0.5, 0.6) is 0 Å². The maximum atomic E-state index is 11.7. The number of benzene rings is 1. The maximum Gasteiger partial charge on any atom is 0.245 e. The van der Waals surface area contributed by atoms with E-state index in [0.29, 0.717) is 6.04 Å². The second-order valence-electron chi connectivity index (χ2n) is 5.73. The minimum absolute atomic E-state index is 0.113. The van der Waals surface area contributed by atoms with E-state index in [4.69, 9.17) is 5.73 Å². The molecule has 0 spiro atoms. The van der Waals surface area contributed by atoms with Gasteiger partial charge in [-0.2, -0.15) is 11.3 Å². The van der Waals surface area contributed by atoms with Crippen LogP contribution in [0.15, 0.2) is 35.0 Å². The van der Waals surface area contributed by atoms with Crippen LogP contribution >= 0.6 is 11.3 Å². The minimum Gasteiger partial charge on any atom is -0.364 e. The number of amides is 1. The Hall–Kier alpha value is -1.85. The van der Waals surface area contributed by atoms with Crippen LogP contribution in [0.1, 0.15) is 30.0 Å². The van der Waals surface area contributed by atoms with Crippen molar-refractivity contribution in [3.05, 3.63) is 46.2 Å². The molecule has 1 aromatic heterocycles. The van der Waals surface area contributed by atoms with Gasteiger partial charge in [-0.15, -0.1) is 0 Å². The third kappa shape index (κ3) is 2.32. The number of nitrogens with two attached hydrogens (primary N) is 1. The van der Waals surface area contributed by atoms with Crippen LogP contribution < -0.4 is 16.0 Å².